The zero-order chi connectivity index (χ0) is 24.5. The molecule has 3 aromatic carbocycles. The van der Waals surface area contributed by atoms with E-state index in [9.17, 15) is 0 Å². The molecular weight excluding hydrogens is 539 g/mol. The molecule has 1 saturated heterocycles. The van der Waals surface area contributed by atoms with Gasteiger partial charge in [0.15, 0.2) is 0 Å². The summed E-state index contributed by atoms with van der Waals surface area (Å²) in [7, 11) is 1.70. The molecule has 182 valence electrons. The van der Waals surface area contributed by atoms with Gasteiger partial charge in [-0.15, -0.1) is 0 Å². The molecule has 0 saturated carbocycles. The van der Waals surface area contributed by atoms with E-state index in [1.807, 2.05) is 13.0 Å². The summed E-state index contributed by atoms with van der Waals surface area (Å²) in [4.78, 5) is 0. The molecule has 35 heavy (non-hydrogen) atoms. The maximum atomic E-state index is 6.20. The summed E-state index contributed by atoms with van der Waals surface area (Å²) < 4.78 is 24.6. The molecule has 3 nitrogen and oxygen atoms in total. The zero-order valence-electron chi connectivity index (χ0n) is 21.0. The molecule has 1 aliphatic rings. The maximum absolute atomic E-state index is 6.20. The molecule has 4 heteroatoms. The van der Waals surface area contributed by atoms with Crippen LogP contribution < -0.4 is 10.7 Å². The molecule has 0 unspecified atom stereocenters. The van der Waals surface area contributed by atoms with E-state index in [4.69, 9.17) is 14.2 Å². The van der Waals surface area contributed by atoms with Crippen LogP contribution in [-0.2, 0) is 14.2 Å². The molecule has 0 N–H and O–H groups in total. The molecule has 0 amide bonds. The third-order valence-corrected chi connectivity index (χ3v) is 19.9. The predicted octanol–water partition coefficient (Wildman–Crippen LogP) is 4.61. The third kappa shape index (κ3) is 6.08. The molecule has 0 radical (unpaired) electrons. The number of hydrogen-bond donors (Lipinski definition) is 0. The normalized spacial score (nSPS) is 20.1. The second kappa shape index (κ2) is 12.6. The monoisotopic (exact) mass is 576 g/mol. The molecule has 0 bridgehead atoms. The van der Waals surface area contributed by atoms with Gasteiger partial charge in [0.25, 0.3) is 0 Å². The van der Waals surface area contributed by atoms with Gasteiger partial charge < -0.3 is 0 Å². The van der Waals surface area contributed by atoms with Crippen LogP contribution in [-0.4, -0.2) is 51.4 Å². The van der Waals surface area contributed by atoms with E-state index in [-0.39, 0.29) is 12.0 Å². The van der Waals surface area contributed by atoms with Crippen LogP contribution in [0.2, 0.25) is 0 Å². The quantitative estimate of drug-likeness (QED) is 0.276. The van der Waals surface area contributed by atoms with Crippen LogP contribution in [0.4, 0.5) is 0 Å². The van der Waals surface area contributed by atoms with Crippen molar-refractivity contribution < 1.29 is 14.2 Å². The zero-order valence-corrected chi connectivity index (χ0v) is 23.9. The number of hydrogen-bond acceptors (Lipinski definition) is 3. The molecule has 3 aromatic rings. The van der Waals surface area contributed by atoms with Gasteiger partial charge in [-0.2, -0.15) is 0 Å². The standard InChI is InChI=1S/C13H21O3.3C6H5.Sn/c1-10-5-8-15-12(3)13(10)9-16-11(2)6-7-14-4;3*1-2-4-6-5-3-1;/h1,6,12-13H,5,7-9H2,2-4H3;3*1-5H;/b10-1?,11-6+;;;;/t12-,13-;;;;/m0..../s1. The van der Waals surface area contributed by atoms with Crippen molar-refractivity contribution >= 4 is 29.1 Å². The molecule has 0 aromatic heterocycles. The van der Waals surface area contributed by atoms with Crippen molar-refractivity contribution in [1.29, 1.82) is 0 Å². The fourth-order valence-electron chi connectivity index (χ4n) is 5.00. The van der Waals surface area contributed by atoms with Gasteiger partial charge >= 0.3 is 215 Å². The minimum absolute atomic E-state index is 0.108. The van der Waals surface area contributed by atoms with Crippen molar-refractivity contribution in [3.8, 4) is 0 Å². The Morgan fingerprint density at radius 3 is 1.89 bits per heavy atom. The third-order valence-electron chi connectivity index (χ3n) is 6.93. The van der Waals surface area contributed by atoms with Gasteiger partial charge in [-0.05, 0) is 0 Å². The SMILES string of the molecule is COC/C=C(\C)OC[C@H]1/C(=[CH]/[Sn]([c]2ccccc2)([c]2ccccc2)[c]2ccccc2)CCO[C@H]1C. The van der Waals surface area contributed by atoms with Gasteiger partial charge in [0.1, 0.15) is 0 Å². The summed E-state index contributed by atoms with van der Waals surface area (Å²) in [6.45, 7) is 6.10. The Hall–Kier alpha value is -2.34. The van der Waals surface area contributed by atoms with Crippen LogP contribution in [0, 0.1) is 5.92 Å². The first kappa shape index (κ1) is 25.7. The first-order chi connectivity index (χ1) is 17.1. The second-order valence-electron chi connectivity index (χ2n) is 9.14. The van der Waals surface area contributed by atoms with Crippen molar-refractivity contribution in [1.82, 2.24) is 0 Å². The van der Waals surface area contributed by atoms with Gasteiger partial charge in [0.05, 0.1) is 0 Å². The topological polar surface area (TPSA) is 27.7 Å². The first-order valence-corrected chi connectivity index (χ1v) is 18.4. The van der Waals surface area contributed by atoms with E-state index in [0.29, 0.717) is 13.2 Å². The van der Waals surface area contributed by atoms with Gasteiger partial charge in [-0.25, -0.2) is 0 Å². The van der Waals surface area contributed by atoms with Crippen molar-refractivity contribution in [3.63, 3.8) is 0 Å². The Kier molecular flexibility index (Phi) is 9.24. The molecule has 0 aliphatic carbocycles. The Morgan fingerprint density at radius 2 is 1.40 bits per heavy atom. The average Bonchev–Trinajstić information content (AvgIpc) is 2.91. The molecule has 2 atom stereocenters. The van der Waals surface area contributed by atoms with E-state index >= 15 is 0 Å². The average molecular weight is 575 g/mol. The fourth-order valence-corrected chi connectivity index (χ4v) is 18.0. The molecular formula is C31H36O3Sn. The van der Waals surface area contributed by atoms with E-state index in [0.717, 1.165) is 18.8 Å². The number of methoxy groups -OCH3 is 1. The fraction of sp³-hybridized carbons (Fsp3) is 0.290. The van der Waals surface area contributed by atoms with Crippen LogP contribution in [0.15, 0.2) is 112 Å². The van der Waals surface area contributed by atoms with E-state index < -0.39 is 18.4 Å². The summed E-state index contributed by atoms with van der Waals surface area (Å²) in [6, 6.07) is 33.4. The summed E-state index contributed by atoms with van der Waals surface area (Å²) >= 11 is -3.52. The summed E-state index contributed by atoms with van der Waals surface area (Å²) in [5.74, 6) is 1.11. The number of allylic oxidation sites excluding steroid dienone is 1. The number of benzene rings is 3. The van der Waals surface area contributed by atoms with Gasteiger partial charge in [0, 0.05) is 0 Å². The Morgan fingerprint density at radius 1 is 0.886 bits per heavy atom. The van der Waals surface area contributed by atoms with Crippen molar-refractivity contribution in [2.24, 2.45) is 5.92 Å². The van der Waals surface area contributed by atoms with Crippen LogP contribution in [0.1, 0.15) is 20.3 Å². The second-order valence-corrected chi connectivity index (χ2v) is 19.5. The minimum atomic E-state index is -3.52. The Labute approximate surface area is 214 Å². The Balaban J connectivity index is 1.86. The molecule has 1 fully saturated rings. The van der Waals surface area contributed by atoms with E-state index in [2.05, 4.69) is 102 Å². The van der Waals surface area contributed by atoms with Crippen LogP contribution in [0.5, 0.6) is 0 Å². The van der Waals surface area contributed by atoms with Gasteiger partial charge in [0.2, 0.25) is 0 Å². The van der Waals surface area contributed by atoms with Crippen LogP contribution in [0.3, 0.4) is 0 Å². The Bertz CT molecular complexity index is 1010. The van der Waals surface area contributed by atoms with Crippen LogP contribution >= 0.6 is 0 Å². The molecule has 4 rings (SSSR count). The molecule has 0 spiro atoms. The van der Waals surface area contributed by atoms with Gasteiger partial charge in [-0.3, -0.25) is 0 Å². The van der Waals surface area contributed by atoms with Crippen molar-refractivity contribution in [2.45, 2.75) is 26.4 Å². The number of rotatable bonds is 9. The summed E-state index contributed by atoms with van der Waals surface area (Å²) in [5, 5.41) is 0. The molecule has 1 aliphatic heterocycles. The summed E-state index contributed by atoms with van der Waals surface area (Å²) in [5.41, 5.74) is 1.47. The summed E-state index contributed by atoms with van der Waals surface area (Å²) in [6.07, 6.45) is 3.03. The number of ether oxygens (including phenoxy) is 3. The molecule has 1 heterocycles. The van der Waals surface area contributed by atoms with Crippen molar-refractivity contribution in [3.05, 3.63) is 112 Å². The first-order valence-electron chi connectivity index (χ1n) is 12.4. The van der Waals surface area contributed by atoms with Gasteiger partial charge in [-0.1, -0.05) is 0 Å². The van der Waals surface area contributed by atoms with E-state index in [1.54, 1.807) is 7.11 Å². The van der Waals surface area contributed by atoms with Crippen LogP contribution in [0.25, 0.3) is 0 Å². The van der Waals surface area contributed by atoms with Crippen molar-refractivity contribution in [2.75, 3.05) is 26.9 Å². The predicted molar refractivity (Wildman–Crippen MR) is 147 cm³/mol. The van der Waals surface area contributed by atoms with E-state index in [1.165, 1.54) is 16.3 Å².